The third kappa shape index (κ3) is 3.01. The van der Waals surface area contributed by atoms with Crippen molar-refractivity contribution in [3.05, 3.63) is 52.9 Å². The molecule has 0 unspecified atom stereocenters. The molecule has 0 aliphatic rings. The molecule has 0 aliphatic carbocycles. The molecule has 0 aliphatic heterocycles. The number of benzene rings is 1. The minimum absolute atomic E-state index is 0.0880. The second-order valence-electron chi connectivity index (χ2n) is 4.04. The van der Waals surface area contributed by atoms with E-state index in [0.29, 0.717) is 0 Å². The molecule has 0 spiro atoms. The van der Waals surface area contributed by atoms with Crippen LogP contribution in [-0.4, -0.2) is 12.0 Å². The van der Waals surface area contributed by atoms with E-state index in [1.54, 1.807) is 6.07 Å². The standard InChI is InChI=1S/C13H9ClF4N2/c1-20(10-5-3-2-4-9(10)15)12-7-8(13(16,17)18)6-11(14)19-12/h2-7H,1H3. The summed E-state index contributed by atoms with van der Waals surface area (Å²) in [7, 11) is 1.41. The maximum atomic E-state index is 13.6. The van der Waals surface area contributed by atoms with Crippen molar-refractivity contribution in [2.45, 2.75) is 6.18 Å². The number of pyridine rings is 1. The first kappa shape index (κ1) is 14.6. The molecule has 0 saturated carbocycles. The Morgan fingerprint density at radius 2 is 1.80 bits per heavy atom. The highest BCUT2D eigenvalue weighted by Gasteiger charge is 2.32. The molecule has 0 saturated heterocycles. The number of nitrogens with zero attached hydrogens (tertiary/aromatic N) is 2. The molecule has 0 atom stereocenters. The van der Waals surface area contributed by atoms with Gasteiger partial charge in [0.05, 0.1) is 11.3 Å². The van der Waals surface area contributed by atoms with Crippen molar-refractivity contribution in [2.24, 2.45) is 0 Å². The van der Waals surface area contributed by atoms with Gasteiger partial charge in [-0.2, -0.15) is 13.2 Å². The number of anilines is 2. The highest BCUT2D eigenvalue weighted by molar-refractivity contribution is 6.29. The Hall–Kier alpha value is -1.82. The van der Waals surface area contributed by atoms with Crippen LogP contribution in [0.25, 0.3) is 0 Å². The Kier molecular flexibility index (Phi) is 3.85. The van der Waals surface area contributed by atoms with Gasteiger partial charge in [0.15, 0.2) is 0 Å². The summed E-state index contributed by atoms with van der Waals surface area (Å²) >= 11 is 5.60. The molecule has 1 heterocycles. The molecule has 1 aromatic heterocycles. The summed E-state index contributed by atoms with van der Waals surface area (Å²) in [6, 6.07) is 7.24. The zero-order valence-corrected chi connectivity index (χ0v) is 11.0. The van der Waals surface area contributed by atoms with Crippen LogP contribution in [0.2, 0.25) is 5.15 Å². The van der Waals surface area contributed by atoms with E-state index in [-0.39, 0.29) is 16.7 Å². The van der Waals surface area contributed by atoms with Gasteiger partial charge in [0, 0.05) is 7.05 Å². The zero-order chi connectivity index (χ0) is 14.9. The van der Waals surface area contributed by atoms with Crippen LogP contribution in [0.5, 0.6) is 0 Å². The molecule has 1 aromatic carbocycles. The number of para-hydroxylation sites is 1. The van der Waals surface area contributed by atoms with Crippen LogP contribution in [0.4, 0.5) is 29.1 Å². The fraction of sp³-hybridized carbons (Fsp3) is 0.154. The van der Waals surface area contributed by atoms with Crippen molar-refractivity contribution in [1.82, 2.24) is 4.98 Å². The van der Waals surface area contributed by atoms with Crippen molar-refractivity contribution >= 4 is 23.1 Å². The number of aromatic nitrogens is 1. The van der Waals surface area contributed by atoms with Gasteiger partial charge in [0.1, 0.15) is 16.8 Å². The van der Waals surface area contributed by atoms with Gasteiger partial charge in [-0.1, -0.05) is 23.7 Å². The molecule has 0 bridgehead atoms. The van der Waals surface area contributed by atoms with E-state index in [1.165, 1.54) is 30.1 Å². The maximum Gasteiger partial charge on any atom is 0.416 e. The molecule has 2 rings (SSSR count). The minimum atomic E-state index is -4.54. The molecular formula is C13H9ClF4N2. The summed E-state index contributed by atoms with van der Waals surface area (Å²) in [6.45, 7) is 0. The second kappa shape index (κ2) is 5.28. The Balaban J connectivity index is 2.48. The van der Waals surface area contributed by atoms with Gasteiger partial charge in [-0.15, -0.1) is 0 Å². The van der Waals surface area contributed by atoms with Gasteiger partial charge in [-0.3, -0.25) is 0 Å². The van der Waals surface area contributed by atoms with Crippen molar-refractivity contribution < 1.29 is 17.6 Å². The molecule has 20 heavy (non-hydrogen) atoms. The van der Waals surface area contributed by atoms with Crippen LogP contribution in [0, 0.1) is 5.82 Å². The van der Waals surface area contributed by atoms with Crippen molar-refractivity contribution in [3.8, 4) is 0 Å². The smallest absolute Gasteiger partial charge is 0.327 e. The van der Waals surface area contributed by atoms with E-state index in [4.69, 9.17) is 11.6 Å². The first-order chi connectivity index (χ1) is 9.29. The average molecular weight is 305 g/mol. The summed E-state index contributed by atoms with van der Waals surface area (Å²) in [5, 5.41) is -0.307. The summed E-state index contributed by atoms with van der Waals surface area (Å²) < 4.78 is 51.8. The van der Waals surface area contributed by atoms with Gasteiger partial charge < -0.3 is 4.90 Å². The molecule has 0 radical (unpaired) electrons. The third-order valence-corrected chi connectivity index (χ3v) is 2.86. The van der Waals surface area contributed by atoms with Crippen LogP contribution >= 0.6 is 11.6 Å². The van der Waals surface area contributed by atoms with Crippen LogP contribution in [0.1, 0.15) is 5.56 Å². The van der Waals surface area contributed by atoms with E-state index in [2.05, 4.69) is 4.98 Å². The average Bonchev–Trinajstić information content (AvgIpc) is 2.37. The number of rotatable bonds is 2. The lowest BCUT2D eigenvalue weighted by molar-refractivity contribution is -0.137. The van der Waals surface area contributed by atoms with E-state index in [1.807, 2.05) is 0 Å². The van der Waals surface area contributed by atoms with Crippen LogP contribution in [-0.2, 0) is 6.18 Å². The Morgan fingerprint density at radius 3 is 2.40 bits per heavy atom. The molecule has 2 nitrogen and oxygen atoms in total. The first-order valence-corrected chi connectivity index (χ1v) is 5.90. The fourth-order valence-electron chi connectivity index (χ4n) is 1.67. The second-order valence-corrected chi connectivity index (χ2v) is 4.43. The predicted molar refractivity (Wildman–Crippen MR) is 68.7 cm³/mol. The normalized spacial score (nSPS) is 11.5. The zero-order valence-electron chi connectivity index (χ0n) is 10.2. The molecular weight excluding hydrogens is 296 g/mol. The lowest BCUT2D eigenvalue weighted by atomic mass is 10.2. The van der Waals surface area contributed by atoms with Crippen molar-refractivity contribution in [1.29, 1.82) is 0 Å². The predicted octanol–water partition coefficient (Wildman–Crippen LogP) is 4.66. The summed E-state index contributed by atoms with van der Waals surface area (Å²) in [4.78, 5) is 4.99. The highest BCUT2D eigenvalue weighted by atomic mass is 35.5. The van der Waals surface area contributed by atoms with Crippen LogP contribution in [0.15, 0.2) is 36.4 Å². The van der Waals surface area contributed by atoms with E-state index in [9.17, 15) is 17.6 Å². The highest BCUT2D eigenvalue weighted by Crippen LogP contribution is 2.34. The van der Waals surface area contributed by atoms with Gasteiger partial charge >= 0.3 is 6.18 Å². The van der Waals surface area contributed by atoms with Gasteiger partial charge in [-0.05, 0) is 24.3 Å². The number of halogens is 5. The van der Waals surface area contributed by atoms with Crippen molar-refractivity contribution in [3.63, 3.8) is 0 Å². The van der Waals surface area contributed by atoms with Gasteiger partial charge in [0.25, 0.3) is 0 Å². The molecule has 0 amide bonds. The van der Waals surface area contributed by atoms with Gasteiger partial charge in [-0.25, -0.2) is 9.37 Å². The van der Waals surface area contributed by atoms with Gasteiger partial charge in [0.2, 0.25) is 0 Å². The topological polar surface area (TPSA) is 16.1 Å². The fourth-order valence-corrected chi connectivity index (χ4v) is 1.87. The quantitative estimate of drug-likeness (QED) is 0.592. The van der Waals surface area contributed by atoms with E-state index >= 15 is 0 Å². The number of hydrogen-bond acceptors (Lipinski definition) is 2. The minimum Gasteiger partial charge on any atom is -0.327 e. The molecule has 0 N–H and O–H groups in total. The third-order valence-electron chi connectivity index (χ3n) is 2.67. The lowest BCUT2D eigenvalue weighted by Gasteiger charge is -2.20. The SMILES string of the molecule is CN(c1cc(C(F)(F)F)cc(Cl)n1)c1ccccc1F. The molecule has 2 aromatic rings. The summed E-state index contributed by atoms with van der Waals surface area (Å²) in [6.07, 6.45) is -4.54. The lowest BCUT2D eigenvalue weighted by Crippen LogP contribution is -2.15. The molecule has 106 valence electrons. The number of alkyl halides is 3. The maximum absolute atomic E-state index is 13.6. The molecule has 7 heteroatoms. The first-order valence-electron chi connectivity index (χ1n) is 5.52. The monoisotopic (exact) mass is 304 g/mol. The number of hydrogen-bond donors (Lipinski definition) is 0. The molecule has 0 fully saturated rings. The Morgan fingerprint density at radius 1 is 1.15 bits per heavy atom. The Labute approximate surface area is 117 Å². The van der Waals surface area contributed by atoms with E-state index in [0.717, 1.165) is 12.1 Å². The van der Waals surface area contributed by atoms with Crippen molar-refractivity contribution in [2.75, 3.05) is 11.9 Å². The van der Waals surface area contributed by atoms with E-state index < -0.39 is 17.6 Å². The largest absolute Gasteiger partial charge is 0.416 e. The van der Waals surface area contributed by atoms with Crippen LogP contribution < -0.4 is 4.90 Å². The summed E-state index contributed by atoms with van der Waals surface area (Å²) in [5.41, 5.74) is -0.828. The summed E-state index contributed by atoms with van der Waals surface area (Å²) in [5.74, 6) is -0.653. The Bertz CT molecular complexity index is 628. The van der Waals surface area contributed by atoms with Crippen LogP contribution in [0.3, 0.4) is 0 Å².